The number of anilines is 1. The molecule has 0 spiro atoms. The van der Waals surface area contributed by atoms with Gasteiger partial charge in [-0.1, -0.05) is 6.92 Å². The summed E-state index contributed by atoms with van der Waals surface area (Å²) in [6, 6.07) is 6.25. The summed E-state index contributed by atoms with van der Waals surface area (Å²) in [5.74, 6) is -0.954. The number of carboxylic acid groups (broad SMARTS) is 1. The van der Waals surface area contributed by atoms with Crippen LogP contribution in [0.5, 0.6) is 0 Å². The number of carboxylic acids is 1. The molecule has 0 aromatic heterocycles. The zero-order valence-electron chi connectivity index (χ0n) is 11.7. The number of nitriles is 1. The summed E-state index contributed by atoms with van der Waals surface area (Å²) in [4.78, 5) is 22.9. The van der Waals surface area contributed by atoms with Crippen molar-refractivity contribution in [3.05, 3.63) is 28.2 Å². The van der Waals surface area contributed by atoms with E-state index >= 15 is 0 Å². The smallest absolute Gasteiger partial charge is 0.319 e. The van der Waals surface area contributed by atoms with Gasteiger partial charge in [-0.15, -0.1) is 0 Å². The Morgan fingerprint density at radius 1 is 1.48 bits per heavy atom. The first kappa shape index (κ1) is 17.0. The Morgan fingerprint density at radius 3 is 2.62 bits per heavy atom. The van der Waals surface area contributed by atoms with Crippen LogP contribution in [0.3, 0.4) is 0 Å². The average Bonchev–Trinajstić information content (AvgIpc) is 2.46. The molecule has 0 saturated heterocycles. The zero-order valence-corrected chi connectivity index (χ0v) is 13.3. The van der Waals surface area contributed by atoms with E-state index in [0.29, 0.717) is 22.1 Å². The fraction of sp³-hybridized carbons (Fsp3) is 0.357. The van der Waals surface area contributed by atoms with Crippen molar-refractivity contribution < 1.29 is 14.7 Å². The number of benzene rings is 1. The van der Waals surface area contributed by atoms with Crippen molar-refractivity contribution in [2.75, 3.05) is 11.9 Å². The largest absolute Gasteiger partial charge is 0.481 e. The molecule has 0 aliphatic rings. The highest BCUT2D eigenvalue weighted by Crippen LogP contribution is 2.24. The average molecular weight is 354 g/mol. The first-order valence-corrected chi connectivity index (χ1v) is 7.09. The van der Waals surface area contributed by atoms with E-state index in [4.69, 9.17) is 10.4 Å². The molecule has 3 N–H and O–H groups in total. The highest BCUT2D eigenvalue weighted by atomic mass is 79.9. The minimum absolute atomic E-state index is 0.0264. The van der Waals surface area contributed by atoms with Gasteiger partial charge < -0.3 is 15.7 Å². The lowest BCUT2D eigenvalue weighted by Gasteiger charge is -2.23. The number of aliphatic carboxylic acids is 1. The van der Waals surface area contributed by atoms with E-state index in [2.05, 4.69) is 26.6 Å². The predicted octanol–water partition coefficient (Wildman–Crippen LogP) is 2.94. The van der Waals surface area contributed by atoms with Crippen LogP contribution in [0.15, 0.2) is 22.7 Å². The molecule has 1 aromatic rings. The van der Waals surface area contributed by atoms with Gasteiger partial charge in [0.2, 0.25) is 0 Å². The van der Waals surface area contributed by atoms with Crippen LogP contribution in [0.25, 0.3) is 0 Å². The van der Waals surface area contributed by atoms with Gasteiger partial charge in [0.25, 0.3) is 0 Å². The van der Waals surface area contributed by atoms with Crippen LogP contribution < -0.4 is 10.6 Å². The van der Waals surface area contributed by atoms with E-state index in [0.717, 1.165) is 0 Å². The van der Waals surface area contributed by atoms with Gasteiger partial charge in [-0.05, 0) is 47.5 Å². The Morgan fingerprint density at radius 2 is 2.14 bits per heavy atom. The van der Waals surface area contributed by atoms with Gasteiger partial charge in [0.1, 0.15) is 0 Å². The highest BCUT2D eigenvalue weighted by molar-refractivity contribution is 9.10. The second-order valence-electron chi connectivity index (χ2n) is 4.83. The molecule has 1 atom stereocenters. The van der Waals surface area contributed by atoms with Crippen LogP contribution in [-0.4, -0.2) is 23.7 Å². The number of hydrogen-bond acceptors (Lipinski definition) is 3. The maximum atomic E-state index is 11.8. The number of rotatable bonds is 5. The third-order valence-corrected chi connectivity index (χ3v) is 3.94. The molecular formula is C14H16BrN3O3. The molecule has 0 bridgehead atoms. The molecule has 112 valence electrons. The van der Waals surface area contributed by atoms with Gasteiger partial charge in [-0.2, -0.15) is 5.26 Å². The normalized spacial score (nSPS) is 12.9. The Balaban J connectivity index is 2.67. The zero-order chi connectivity index (χ0) is 16.0. The summed E-state index contributed by atoms with van der Waals surface area (Å²) < 4.78 is 0.577. The van der Waals surface area contributed by atoms with Gasteiger partial charge in [-0.3, -0.25) is 4.79 Å². The van der Waals surface area contributed by atoms with Gasteiger partial charge in [0.05, 0.1) is 22.7 Å². The number of carbonyl (C=O) groups excluding carboxylic acids is 1. The Kier molecular flexibility index (Phi) is 5.73. The summed E-state index contributed by atoms with van der Waals surface area (Å²) in [5.41, 5.74) is -0.0310. The maximum absolute atomic E-state index is 11.8. The third kappa shape index (κ3) is 4.46. The molecule has 0 saturated carbocycles. The topological polar surface area (TPSA) is 102 Å². The van der Waals surface area contributed by atoms with Crippen molar-refractivity contribution in [1.29, 1.82) is 5.26 Å². The van der Waals surface area contributed by atoms with Crippen LogP contribution in [0.4, 0.5) is 10.5 Å². The molecule has 1 unspecified atom stereocenters. The van der Waals surface area contributed by atoms with Gasteiger partial charge in [0, 0.05) is 11.0 Å². The number of hydrogen-bond donors (Lipinski definition) is 3. The van der Waals surface area contributed by atoms with Crippen molar-refractivity contribution >= 4 is 33.6 Å². The lowest BCUT2D eigenvalue weighted by atomic mass is 9.88. The first-order valence-electron chi connectivity index (χ1n) is 6.30. The van der Waals surface area contributed by atoms with E-state index in [1.54, 1.807) is 32.0 Å². The Hall–Kier alpha value is -2.07. The summed E-state index contributed by atoms with van der Waals surface area (Å²) >= 11 is 3.26. The van der Waals surface area contributed by atoms with E-state index in [1.165, 1.54) is 0 Å². The fourth-order valence-corrected chi connectivity index (χ4v) is 1.96. The van der Waals surface area contributed by atoms with Crippen molar-refractivity contribution in [2.45, 2.75) is 20.3 Å². The van der Waals surface area contributed by atoms with E-state index in [9.17, 15) is 9.59 Å². The lowest BCUT2D eigenvalue weighted by molar-refractivity contribution is -0.147. The number of nitrogens with zero attached hydrogens (tertiary/aromatic N) is 1. The molecule has 0 radical (unpaired) electrons. The molecule has 1 rings (SSSR count). The molecular weight excluding hydrogens is 338 g/mol. The molecule has 0 fully saturated rings. The monoisotopic (exact) mass is 353 g/mol. The molecule has 0 aliphatic carbocycles. The minimum Gasteiger partial charge on any atom is -0.481 e. The third-order valence-electron chi connectivity index (χ3n) is 3.28. The molecule has 0 heterocycles. The molecule has 6 nitrogen and oxygen atoms in total. The highest BCUT2D eigenvalue weighted by Gasteiger charge is 2.31. The van der Waals surface area contributed by atoms with Crippen molar-refractivity contribution in [1.82, 2.24) is 5.32 Å². The van der Waals surface area contributed by atoms with Crippen LogP contribution >= 0.6 is 15.9 Å². The quantitative estimate of drug-likeness (QED) is 0.756. The predicted molar refractivity (Wildman–Crippen MR) is 81.9 cm³/mol. The molecule has 21 heavy (non-hydrogen) atoms. The van der Waals surface area contributed by atoms with Crippen LogP contribution in [0.2, 0.25) is 0 Å². The molecule has 1 aromatic carbocycles. The number of amides is 2. The van der Waals surface area contributed by atoms with Crippen LogP contribution in [0, 0.1) is 16.7 Å². The summed E-state index contributed by atoms with van der Waals surface area (Å²) in [6.07, 6.45) is 0.406. The number of nitrogens with one attached hydrogen (secondary N) is 2. The SMILES string of the molecule is CCC(C)(CNC(=O)Nc1ccc(C#N)cc1Br)C(=O)O. The van der Waals surface area contributed by atoms with Crippen molar-refractivity contribution in [3.63, 3.8) is 0 Å². The molecule has 7 heteroatoms. The van der Waals surface area contributed by atoms with Crippen molar-refractivity contribution in [2.24, 2.45) is 5.41 Å². The van der Waals surface area contributed by atoms with Gasteiger partial charge >= 0.3 is 12.0 Å². The van der Waals surface area contributed by atoms with Gasteiger partial charge in [-0.25, -0.2) is 4.79 Å². The van der Waals surface area contributed by atoms with Gasteiger partial charge in [0.15, 0.2) is 0 Å². The summed E-state index contributed by atoms with van der Waals surface area (Å²) in [7, 11) is 0. The standard InChI is InChI=1S/C14H16BrN3O3/c1-3-14(2,12(19)20)8-17-13(21)18-11-5-4-9(7-16)6-10(11)15/h4-6H,3,8H2,1-2H3,(H,19,20)(H2,17,18,21). The Labute approximate surface area is 131 Å². The molecule has 0 aliphatic heterocycles. The minimum atomic E-state index is -1.00. The van der Waals surface area contributed by atoms with E-state index < -0.39 is 17.4 Å². The number of carbonyl (C=O) groups is 2. The summed E-state index contributed by atoms with van der Waals surface area (Å²) in [6.45, 7) is 3.36. The maximum Gasteiger partial charge on any atom is 0.319 e. The second-order valence-corrected chi connectivity index (χ2v) is 5.69. The number of halogens is 1. The molecule has 2 amide bonds. The Bertz CT molecular complexity index is 598. The number of urea groups is 1. The fourth-order valence-electron chi connectivity index (χ4n) is 1.48. The first-order chi connectivity index (χ1) is 9.82. The second kappa shape index (κ2) is 7.09. The van der Waals surface area contributed by atoms with E-state index in [1.807, 2.05) is 6.07 Å². The van der Waals surface area contributed by atoms with Crippen LogP contribution in [0.1, 0.15) is 25.8 Å². The van der Waals surface area contributed by atoms with Crippen molar-refractivity contribution in [3.8, 4) is 6.07 Å². The lowest BCUT2D eigenvalue weighted by Crippen LogP contribution is -2.42. The van der Waals surface area contributed by atoms with E-state index in [-0.39, 0.29) is 6.54 Å². The summed E-state index contributed by atoms with van der Waals surface area (Å²) in [5, 5.41) is 23.0. The van der Waals surface area contributed by atoms with Crippen LogP contribution in [-0.2, 0) is 4.79 Å².